The molecule has 0 unspecified atom stereocenters. The summed E-state index contributed by atoms with van der Waals surface area (Å²) in [5.74, 6) is 0. The first-order valence-electron chi connectivity index (χ1n) is 5.56. The molecule has 1 aliphatic heterocycles. The summed E-state index contributed by atoms with van der Waals surface area (Å²) >= 11 is 5.00. The molecular formula is C11H20N2O3S. The lowest BCUT2D eigenvalue weighted by Crippen LogP contribution is -2.51. The molecule has 1 heterocycles. The molecule has 1 saturated heterocycles. The number of hydrogen-bond acceptors (Lipinski definition) is 4. The molecule has 0 aromatic rings. The van der Waals surface area contributed by atoms with Gasteiger partial charge in [0.1, 0.15) is 5.60 Å². The van der Waals surface area contributed by atoms with Crippen LogP contribution in [0.3, 0.4) is 0 Å². The predicted octanol–water partition coefficient (Wildman–Crippen LogP) is 1.42. The first kappa shape index (κ1) is 14.2. The summed E-state index contributed by atoms with van der Waals surface area (Å²) in [6.45, 7) is 9.62. The number of alkyl carbamates (subject to hydrolysis) is 1. The number of ether oxygens (including phenoxy) is 2. The van der Waals surface area contributed by atoms with E-state index in [-0.39, 0.29) is 10.5 Å². The summed E-state index contributed by atoms with van der Waals surface area (Å²) in [6, 6.07) is 0. The minimum Gasteiger partial charge on any atom is -0.444 e. The highest BCUT2D eigenvalue weighted by molar-refractivity contribution is 7.80. The van der Waals surface area contributed by atoms with Gasteiger partial charge in [-0.1, -0.05) is 6.92 Å². The Labute approximate surface area is 107 Å². The molecule has 98 valence electrons. The van der Waals surface area contributed by atoms with Crippen LogP contribution in [0, 0.1) is 5.41 Å². The summed E-state index contributed by atoms with van der Waals surface area (Å²) in [6.07, 6.45) is -0.537. The fourth-order valence-corrected chi connectivity index (χ4v) is 1.44. The molecule has 5 nitrogen and oxygen atoms in total. The van der Waals surface area contributed by atoms with E-state index in [0.717, 1.165) is 13.2 Å². The second-order valence-corrected chi connectivity index (χ2v) is 6.02. The smallest absolute Gasteiger partial charge is 0.413 e. The maximum absolute atomic E-state index is 11.4. The highest BCUT2D eigenvalue weighted by atomic mass is 32.1. The fourth-order valence-electron chi connectivity index (χ4n) is 1.29. The topological polar surface area (TPSA) is 59.6 Å². The van der Waals surface area contributed by atoms with Gasteiger partial charge in [-0.15, -0.1) is 0 Å². The first-order chi connectivity index (χ1) is 7.70. The fraction of sp³-hybridized carbons (Fsp3) is 0.818. The lowest BCUT2D eigenvalue weighted by atomic mass is 9.89. The van der Waals surface area contributed by atoms with E-state index in [1.165, 1.54) is 0 Å². The maximum Gasteiger partial charge on any atom is 0.413 e. The summed E-state index contributed by atoms with van der Waals surface area (Å²) < 4.78 is 10.2. The minimum atomic E-state index is -0.537. The average molecular weight is 260 g/mol. The summed E-state index contributed by atoms with van der Waals surface area (Å²) in [4.78, 5) is 11.4. The zero-order chi connectivity index (χ0) is 13.1. The van der Waals surface area contributed by atoms with Gasteiger partial charge < -0.3 is 14.8 Å². The zero-order valence-electron chi connectivity index (χ0n) is 10.8. The van der Waals surface area contributed by atoms with E-state index in [1.54, 1.807) is 20.8 Å². The third kappa shape index (κ3) is 5.32. The number of rotatable bonds is 2. The van der Waals surface area contributed by atoms with Crippen LogP contribution < -0.4 is 10.6 Å². The van der Waals surface area contributed by atoms with E-state index in [1.807, 2.05) is 0 Å². The van der Waals surface area contributed by atoms with Crippen LogP contribution in [0.25, 0.3) is 0 Å². The van der Waals surface area contributed by atoms with Crippen molar-refractivity contribution in [1.82, 2.24) is 10.6 Å². The number of thiocarbonyl (C=S) groups is 1. The maximum atomic E-state index is 11.4. The van der Waals surface area contributed by atoms with Gasteiger partial charge >= 0.3 is 6.09 Å². The van der Waals surface area contributed by atoms with Gasteiger partial charge in [0.05, 0.1) is 13.2 Å². The predicted molar refractivity (Wildman–Crippen MR) is 68.9 cm³/mol. The van der Waals surface area contributed by atoms with E-state index in [9.17, 15) is 4.79 Å². The van der Waals surface area contributed by atoms with Crippen LogP contribution in [0.5, 0.6) is 0 Å². The molecular weight excluding hydrogens is 240 g/mol. The van der Waals surface area contributed by atoms with Crippen molar-refractivity contribution >= 4 is 23.4 Å². The van der Waals surface area contributed by atoms with Crippen LogP contribution >= 0.6 is 12.2 Å². The molecule has 1 rings (SSSR count). The van der Waals surface area contributed by atoms with Crippen molar-refractivity contribution in [3.8, 4) is 0 Å². The van der Waals surface area contributed by atoms with Crippen molar-refractivity contribution in [2.24, 2.45) is 5.41 Å². The first-order valence-corrected chi connectivity index (χ1v) is 5.97. The Balaban J connectivity index is 2.22. The molecule has 0 aromatic carbocycles. The van der Waals surface area contributed by atoms with Crippen molar-refractivity contribution in [2.45, 2.75) is 33.3 Å². The SMILES string of the molecule is CC1(CNC(=S)NC(=O)OC(C)(C)C)COC1. The van der Waals surface area contributed by atoms with Crippen LogP contribution in [0.4, 0.5) is 4.79 Å². The molecule has 0 aliphatic carbocycles. The monoisotopic (exact) mass is 260 g/mol. The Hall–Kier alpha value is -0.880. The number of amides is 1. The third-order valence-electron chi connectivity index (χ3n) is 2.19. The van der Waals surface area contributed by atoms with Crippen LogP contribution in [0.15, 0.2) is 0 Å². The number of carbonyl (C=O) groups is 1. The second kappa shape index (κ2) is 5.18. The lowest BCUT2D eigenvalue weighted by molar-refractivity contribution is -0.0970. The van der Waals surface area contributed by atoms with Crippen molar-refractivity contribution in [3.63, 3.8) is 0 Å². The molecule has 0 saturated carbocycles. The van der Waals surface area contributed by atoms with E-state index < -0.39 is 11.7 Å². The normalized spacial score (nSPS) is 17.9. The number of nitrogens with one attached hydrogen (secondary N) is 2. The molecule has 1 fully saturated rings. The van der Waals surface area contributed by atoms with Gasteiger partial charge in [0.2, 0.25) is 0 Å². The molecule has 6 heteroatoms. The largest absolute Gasteiger partial charge is 0.444 e. The van der Waals surface area contributed by atoms with E-state index in [2.05, 4.69) is 17.6 Å². The Morgan fingerprint density at radius 1 is 1.47 bits per heavy atom. The van der Waals surface area contributed by atoms with Gasteiger partial charge in [0.25, 0.3) is 0 Å². The van der Waals surface area contributed by atoms with Crippen LogP contribution in [-0.4, -0.2) is 36.6 Å². The lowest BCUT2D eigenvalue weighted by Gasteiger charge is -2.38. The molecule has 1 aliphatic rings. The van der Waals surface area contributed by atoms with Crippen LogP contribution in [0.2, 0.25) is 0 Å². The van der Waals surface area contributed by atoms with Gasteiger partial charge in [-0.25, -0.2) is 4.79 Å². The molecule has 1 amide bonds. The van der Waals surface area contributed by atoms with Gasteiger partial charge in [-0.2, -0.15) is 0 Å². The standard InChI is InChI=1S/C11H20N2O3S/c1-10(2,3)16-9(14)13-8(17)12-5-11(4)6-15-7-11/h5-7H2,1-4H3,(H2,12,13,14,17). The van der Waals surface area contributed by atoms with Crippen molar-refractivity contribution in [3.05, 3.63) is 0 Å². The third-order valence-corrected chi connectivity index (χ3v) is 2.44. The van der Waals surface area contributed by atoms with Crippen molar-refractivity contribution in [1.29, 1.82) is 0 Å². The van der Waals surface area contributed by atoms with E-state index in [4.69, 9.17) is 21.7 Å². The van der Waals surface area contributed by atoms with Crippen LogP contribution in [-0.2, 0) is 9.47 Å². The zero-order valence-corrected chi connectivity index (χ0v) is 11.6. The average Bonchev–Trinajstić information content (AvgIpc) is 2.08. The quantitative estimate of drug-likeness (QED) is 0.735. The highest BCUT2D eigenvalue weighted by Crippen LogP contribution is 2.24. The summed E-state index contributed by atoms with van der Waals surface area (Å²) in [5, 5.41) is 5.74. The molecule has 17 heavy (non-hydrogen) atoms. The second-order valence-electron chi connectivity index (χ2n) is 5.61. The molecule has 0 aromatic heterocycles. The Kier molecular flexibility index (Phi) is 4.32. The van der Waals surface area contributed by atoms with Crippen molar-refractivity contribution < 1.29 is 14.3 Å². The van der Waals surface area contributed by atoms with E-state index in [0.29, 0.717) is 6.54 Å². The van der Waals surface area contributed by atoms with Gasteiger partial charge in [-0.3, -0.25) is 5.32 Å². The van der Waals surface area contributed by atoms with Crippen molar-refractivity contribution in [2.75, 3.05) is 19.8 Å². The molecule has 0 radical (unpaired) electrons. The molecule has 0 bridgehead atoms. The highest BCUT2D eigenvalue weighted by Gasteiger charge is 2.33. The number of hydrogen-bond donors (Lipinski definition) is 2. The van der Waals surface area contributed by atoms with Crippen LogP contribution in [0.1, 0.15) is 27.7 Å². The van der Waals surface area contributed by atoms with Gasteiger partial charge in [0, 0.05) is 12.0 Å². The Morgan fingerprint density at radius 3 is 2.47 bits per heavy atom. The summed E-state index contributed by atoms with van der Waals surface area (Å²) in [5.41, 5.74) is -0.410. The van der Waals surface area contributed by atoms with Gasteiger partial charge in [-0.05, 0) is 33.0 Å². The molecule has 2 N–H and O–H groups in total. The minimum absolute atomic E-state index is 0.111. The molecule has 0 spiro atoms. The van der Waals surface area contributed by atoms with E-state index >= 15 is 0 Å². The summed E-state index contributed by atoms with van der Waals surface area (Å²) in [7, 11) is 0. The molecule has 0 atom stereocenters. The Morgan fingerprint density at radius 2 is 2.06 bits per heavy atom. The number of carbonyl (C=O) groups excluding carboxylic acids is 1. The van der Waals surface area contributed by atoms with Gasteiger partial charge in [0.15, 0.2) is 5.11 Å². The Bertz CT molecular complexity index is 308.